The molecular formula is C14H19N5O2S. The number of nitrogens with one attached hydrogen (secondary N) is 3. The van der Waals surface area contributed by atoms with Gasteiger partial charge in [-0.05, 0) is 12.1 Å². The van der Waals surface area contributed by atoms with Crippen LogP contribution < -0.4 is 16.0 Å². The van der Waals surface area contributed by atoms with Crippen LogP contribution in [0.4, 0.5) is 10.9 Å². The maximum atomic E-state index is 11.9. The van der Waals surface area contributed by atoms with Crippen molar-refractivity contribution in [2.75, 3.05) is 38.7 Å². The molecule has 3 N–H and O–H groups in total. The zero-order valence-corrected chi connectivity index (χ0v) is 13.2. The van der Waals surface area contributed by atoms with Crippen LogP contribution in [0.1, 0.15) is 10.5 Å². The van der Waals surface area contributed by atoms with Crippen molar-refractivity contribution in [3.8, 4) is 0 Å². The third-order valence-electron chi connectivity index (χ3n) is 2.71. The van der Waals surface area contributed by atoms with Gasteiger partial charge in [0, 0.05) is 38.3 Å². The maximum absolute atomic E-state index is 11.9. The van der Waals surface area contributed by atoms with E-state index in [1.165, 1.54) is 11.3 Å². The topological polar surface area (TPSA) is 88.2 Å². The van der Waals surface area contributed by atoms with E-state index in [2.05, 4.69) is 25.9 Å². The van der Waals surface area contributed by atoms with Gasteiger partial charge in [0.25, 0.3) is 5.91 Å². The largest absolute Gasteiger partial charge is 0.383 e. The number of methoxy groups -OCH3 is 1. The van der Waals surface area contributed by atoms with Gasteiger partial charge < -0.3 is 20.7 Å². The second kappa shape index (κ2) is 9.08. The molecule has 118 valence electrons. The van der Waals surface area contributed by atoms with E-state index in [-0.39, 0.29) is 5.91 Å². The van der Waals surface area contributed by atoms with Gasteiger partial charge in [-0.1, -0.05) is 6.07 Å². The summed E-state index contributed by atoms with van der Waals surface area (Å²) in [7, 11) is 1.66. The molecule has 22 heavy (non-hydrogen) atoms. The number of aromatic nitrogens is 2. The molecule has 7 nitrogen and oxygen atoms in total. The van der Waals surface area contributed by atoms with Crippen molar-refractivity contribution in [2.45, 2.75) is 0 Å². The Morgan fingerprint density at radius 1 is 1.32 bits per heavy atom. The van der Waals surface area contributed by atoms with Gasteiger partial charge in [0.15, 0.2) is 5.13 Å². The first-order valence-corrected chi connectivity index (χ1v) is 7.79. The number of anilines is 2. The van der Waals surface area contributed by atoms with E-state index in [1.807, 2.05) is 18.2 Å². The molecule has 0 saturated heterocycles. The summed E-state index contributed by atoms with van der Waals surface area (Å²) < 4.78 is 4.92. The van der Waals surface area contributed by atoms with Crippen molar-refractivity contribution in [3.63, 3.8) is 0 Å². The Bertz CT molecular complexity index is 576. The minimum atomic E-state index is -0.182. The number of hydrogen-bond acceptors (Lipinski definition) is 7. The van der Waals surface area contributed by atoms with Gasteiger partial charge in [-0.2, -0.15) is 0 Å². The highest BCUT2D eigenvalue weighted by Crippen LogP contribution is 2.19. The normalized spacial score (nSPS) is 10.4. The fourth-order valence-electron chi connectivity index (χ4n) is 1.64. The summed E-state index contributed by atoms with van der Waals surface area (Å²) in [6.07, 6.45) is 1.69. The third-order valence-corrected chi connectivity index (χ3v) is 3.46. The smallest absolute Gasteiger partial charge is 0.270 e. The van der Waals surface area contributed by atoms with Gasteiger partial charge in [0.05, 0.1) is 6.61 Å². The molecule has 1 amide bonds. The fourth-order valence-corrected chi connectivity index (χ4v) is 2.33. The standard InChI is InChI=1S/C14H19N5O2S/c1-21-9-8-15-6-7-17-13(20)11-10-22-14(18-11)19-12-4-2-3-5-16-12/h2-5,10,15H,6-9H2,1H3,(H,17,20)(H,16,18,19). The first-order valence-electron chi connectivity index (χ1n) is 6.91. The van der Waals surface area contributed by atoms with Gasteiger partial charge in [-0.15, -0.1) is 11.3 Å². The van der Waals surface area contributed by atoms with Crippen LogP contribution in [0.3, 0.4) is 0 Å². The van der Waals surface area contributed by atoms with E-state index in [0.29, 0.717) is 36.3 Å². The zero-order chi connectivity index (χ0) is 15.6. The Balaban J connectivity index is 1.74. The molecule has 0 bridgehead atoms. The minimum absolute atomic E-state index is 0.182. The van der Waals surface area contributed by atoms with Crippen LogP contribution in [0.2, 0.25) is 0 Å². The van der Waals surface area contributed by atoms with E-state index in [0.717, 1.165) is 6.54 Å². The van der Waals surface area contributed by atoms with Crippen LogP contribution in [0.5, 0.6) is 0 Å². The van der Waals surface area contributed by atoms with Crippen molar-refractivity contribution in [1.29, 1.82) is 0 Å². The number of hydrogen-bond donors (Lipinski definition) is 3. The van der Waals surface area contributed by atoms with E-state index in [4.69, 9.17) is 4.74 Å². The molecule has 2 heterocycles. The van der Waals surface area contributed by atoms with E-state index < -0.39 is 0 Å². The summed E-state index contributed by atoms with van der Waals surface area (Å²) in [4.78, 5) is 20.3. The molecule has 0 aliphatic heterocycles. The number of ether oxygens (including phenoxy) is 1. The Hall–Kier alpha value is -2.03. The molecule has 0 aliphatic rings. The number of rotatable bonds is 9. The molecule has 0 fully saturated rings. The van der Waals surface area contributed by atoms with Gasteiger partial charge >= 0.3 is 0 Å². The van der Waals surface area contributed by atoms with Crippen LogP contribution in [-0.4, -0.2) is 49.2 Å². The van der Waals surface area contributed by atoms with Crippen LogP contribution in [-0.2, 0) is 4.74 Å². The molecule has 0 aliphatic carbocycles. The average Bonchev–Trinajstić information content (AvgIpc) is 3.00. The first kappa shape index (κ1) is 16.3. The lowest BCUT2D eigenvalue weighted by molar-refractivity contribution is 0.0949. The summed E-state index contributed by atoms with van der Waals surface area (Å²) in [5.74, 6) is 0.519. The molecule has 0 spiro atoms. The first-order chi connectivity index (χ1) is 10.8. The maximum Gasteiger partial charge on any atom is 0.270 e. The Labute approximate surface area is 133 Å². The summed E-state index contributed by atoms with van der Waals surface area (Å²) in [6, 6.07) is 5.56. The van der Waals surface area contributed by atoms with E-state index >= 15 is 0 Å². The molecule has 0 saturated carbocycles. The molecule has 0 unspecified atom stereocenters. The van der Waals surface area contributed by atoms with Gasteiger partial charge in [0.2, 0.25) is 0 Å². The Kier molecular flexibility index (Phi) is 6.75. The van der Waals surface area contributed by atoms with Crippen molar-refractivity contribution in [3.05, 3.63) is 35.5 Å². The SMILES string of the molecule is COCCNCCNC(=O)c1csc(Nc2ccccn2)n1. The van der Waals surface area contributed by atoms with Crippen LogP contribution in [0.15, 0.2) is 29.8 Å². The summed E-state index contributed by atoms with van der Waals surface area (Å²) in [6.45, 7) is 2.66. The monoisotopic (exact) mass is 321 g/mol. The zero-order valence-electron chi connectivity index (χ0n) is 12.3. The number of carbonyl (C=O) groups excluding carboxylic acids is 1. The molecule has 2 aromatic heterocycles. The van der Waals surface area contributed by atoms with Crippen LogP contribution >= 0.6 is 11.3 Å². The lowest BCUT2D eigenvalue weighted by atomic mass is 10.4. The van der Waals surface area contributed by atoms with Crippen molar-refractivity contribution in [2.24, 2.45) is 0 Å². The molecule has 2 rings (SSSR count). The molecular weight excluding hydrogens is 302 g/mol. The van der Waals surface area contributed by atoms with Gasteiger partial charge in [-0.25, -0.2) is 9.97 Å². The number of thiazole rings is 1. The van der Waals surface area contributed by atoms with E-state index in [1.54, 1.807) is 18.7 Å². The highest BCUT2D eigenvalue weighted by Gasteiger charge is 2.10. The average molecular weight is 321 g/mol. The lowest BCUT2D eigenvalue weighted by Gasteiger charge is -2.05. The Morgan fingerprint density at radius 2 is 2.23 bits per heavy atom. The summed E-state index contributed by atoms with van der Waals surface area (Å²) in [5, 5.41) is 11.4. The number of amides is 1. The summed E-state index contributed by atoms with van der Waals surface area (Å²) in [5.41, 5.74) is 0.403. The predicted molar refractivity (Wildman–Crippen MR) is 86.7 cm³/mol. The lowest BCUT2D eigenvalue weighted by Crippen LogP contribution is -2.33. The van der Waals surface area contributed by atoms with Crippen LogP contribution in [0, 0.1) is 0 Å². The molecule has 8 heteroatoms. The molecule has 0 atom stereocenters. The van der Waals surface area contributed by atoms with Gasteiger partial charge in [-0.3, -0.25) is 4.79 Å². The fraction of sp³-hybridized carbons (Fsp3) is 0.357. The molecule has 0 radical (unpaired) electrons. The second-order valence-electron chi connectivity index (χ2n) is 4.38. The third kappa shape index (κ3) is 5.40. The quantitative estimate of drug-likeness (QED) is 0.603. The highest BCUT2D eigenvalue weighted by atomic mass is 32.1. The highest BCUT2D eigenvalue weighted by molar-refractivity contribution is 7.14. The predicted octanol–water partition coefficient (Wildman–Crippen LogP) is 1.25. The van der Waals surface area contributed by atoms with Crippen molar-refractivity contribution >= 4 is 28.2 Å². The molecule has 2 aromatic rings. The summed E-state index contributed by atoms with van der Waals surface area (Å²) >= 11 is 1.37. The van der Waals surface area contributed by atoms with E-state index in [9.17, 15) is 4.79 Å². The number of nitrogens with zero attached hydrogens (tertiary/aromatic N) is 2. The Morgan fingerprint density at radius 3 is 3.00 bits per heavy atom. The van der Waals surface area contributed by atoms with Crippen molar-refractivity contribution in [1.82, 2.24) is 20.6 Å². The van der Waals surface area contributed by atoms with Crippen molar-refractivity contribution < 1.29 is 9.53 Å². The molecule has 0 aromatic carbocycles. The number of carbonyl (C=O) groups is 1. The van der Waals surface area contributed by atoms with Gasteiger partial charge in [0.1, 0.15) is 11.5 Å². The number of pyridine rings is 1. The van der Waals surface area contributed by atoms with Crippen LogP contribution in [0.25, 0.3) is 0 Å². The second-order valence-corrected chi connectivity index (χ2v) is 5.23. The minimum Gasteiger partial charge on any atom is -0.383 e.